The maximum absolute atomic E-state index is 12.7. The molecule has 2 atom stereocenters. The summed E-state index contributed by atoms with van der Waals surface area (Å²) in [5.41, 5.74) is -0.444. The van der Waals surface area contributed by atoms with Gasteiger partial charge in [-0.05, 0) is 36.5 Å². The normalized spacial score (nSPS) is 23.6. The van der Waals surface area contributed by atoms with Gasteiger partial charge in [0, 0.05) is 16.7 Å². The summed E-state index contributed by atoms with van der Waals surface area (Å²) in [6.45, 7) is 2.72. The third-order valence-electron chi connectivity index (χ3n) is 3.12. The van der Waals surface area contributed by atoms with Crippen LogP contribution in [0.15, 0.2) is 22.7 Å². The van der Waals surface area contributed by atoms with Crippen LogP contribution in [0.4, 0.5) is 18.9 Å². The summed E-state index contributed by atoms with van der Waals surface area (Å²) in [5.74, 6) is 1.14. The number of halogens is 4. The van der Waals surface area contributed by atoms with Crippen LogP contribution in [0.2, 0.25) is 0 Å². The molecule has 0 bridgehead atoms. The first kappa shape index (κ1) is 12.7. The lowest BCUT2D eigenvalue weighted by molar-refractivity contribution is -0.137. The molecule has 2 rings (SSSR count). The van der Waals surface area contributed by atoms with Gasteiger partial charge in [-0.25, -0.2) is 0 Å². The van der Waals surface area contributed by atoms with Crippen molar-refractivity contribution in [3.63, 3.8) is 0 Å². The van der Waals surface area contributed by atoms with E-state index in [1.54, 1.807) is 0 Å². The molecule has 2 unspecified atom stereocenters. The minimum Gasteiger partial charge on any atom is -0.384 e. The molecule has 1 N–H and O–H groups in total. The van der Waals surface area contributed by atoms with Crippen LogP contribution in [0, 0.1) is 11.8 Å². The highest BCUT2D eigenvalue weighted by Gasteiger charge is 2.35. The van der Waals surface area contributed by atoms with Crippen molar-refractivity contribution in [3.8, 4) is 0 Å². The second-order valence-corrected chi connectivity index (χ2v) is 5.46. The van der Waals surface area contributed by atoms with E-state index in [9.17, 15) is 13.2 Å². The van der Waals surface area contributed by atoms with Crippen molar-refractivity contribution >= 4 is 21.6 Å². The van der Waals surface area contributed by atoms with E-state index < -0.39 is 11.7 Å². The van der Waals surface area contributed by atoms with Crippen molar-refractivity contribution in [1.82, 2.24) is 0 Å². The summed E-state index contributed by atoms with van der Waals surface area (Å²) in [4.78, 5) is 0. The van der Waals surface area contributed by atoms with Crippen LogP contribution in [-0.2, 0) is 6.18 Å². The Balaban J connectivity index is 2.15. The second-order valence-electron chi connectivity index (χ2n) is 4.54. The molecule has 94 valence electrons. The predicted octanol–water partition coefficient (Wildman–Crippen LogP) is 4.54. The molecule has 0 aliphatic heterocycles. The third kappa shape index (κ3) is 3.15. The Kier molecular flexibility index (Phi) is 3.39. The maximum Gasteiger partial charge on any atom is 0.418 e. The first-order valence-electron chi connectivity index (χ1n) is 5.48. The standard InChI is InChI=1S/C12H13BrF3N/c1-7-4-8(7)6-17-11-5-9(13)2-3-10(11)12(14,15)16/h2-3,5,7-8,17H,4,6H2,1H3. The average molecular weight is 308 g/mol. The minimum atomic E-state index is -4.31. The highest BCUT2D eigenvalue weighted by atomic mass is 79.9. The first-order chi connectivity index (χ1) is 7.88. The lowest BCUT2D eigenvalue weighted by atomic mass is 10.1. The van der Waals surface area contributed by atoms with E-state index in [4.69, 9.17) is 0 Å². The number of anilines is 1. The molecule has 0 radical (unpaired) electrons. The van der Waals surface area contributed by atoms with Gasteiger partial charge in [0.15, 0.2) is 0 Å². The molecule has 17 heavy (non-hydrogen) atoms. The molecule has 1 fully saturated rings. The molecule has 0 saturated heterocycles. The number of nitrogens with one attached hydrogen (secondary N) is 1. The highest BCUT2D eigenvalue weighted by Crippen LogP contribution is 2.40. The quantitative estimate of drug-likeness (QED) is 0.864. The van der Waals surface area contributed by atoms with E-state index in [2.05, 4.69) is 28.2 Å². The van der Waals surface area contributed by atoms with Crippen LogP contribution < -0.4 is 5.32 Å². The molecule has 1 nitrogen and oxygen atoms in total. The van der Waals surface area contributed by atoms with Crippen molar-refractivity contribution in [2.75, 3.05) is 11.9 Å². The van der Waals surface area contributed by atoms with E-state index in [1.807, 2.05) is 0 Å². The van der Waals surface area contributed by atoms with Gasteiger partial charge in [-0.1, -0.05) is 22.9 Å². The van der Waals surface area contributed by atoms with Gasteiger partial charge in [-0.2, -0.15) is 13.2 Å². The lowest BCUT2D eigenvalue weighted by Crippen LogP contribution is -2.12. The topological polar surface area (TPSA) is 12.0 Å². The van der Waals surface area contributed by atoms with Crippen molar-refractivity contribution in [3.05, 3.63) is 28.2 Å². The van der Waals surface area contributed by atoms with Crippen LogP contribution in [-0.4, -0.2) is 6.54 Å². The predicted molar refractivity (Wildman–Crippen MR) is 64.9 cm³/mol. The van der Waals surface area contributed by atoms with E-state index in [-0.39, 0.29) is 5.69 Å². The largest absolute Gasteiger partial charge is 0.418 e. The Hall–Kier alpha value is -0.710. The zero-order chi connectivity index (χ0) is 12.6. The molecule has 0 amide bonds. The van der Waals surface area contributed by atoms with Crippen LogP contribution in [0.25, 0.3) is 0 Å². The van der Waals surface area contributed by atoms with Crippen molar-refractivity contribution in [2.24, 2.45) is 11.8 Å². The summed E-state index contributed by atoms with van der Waals surface area (Å²) in [6, 6.07) is 3.99. The Bertz CT molecular complexity index is 417. The summed E-state index contributed by atoms with van der Waals surface area (Å²) < 4.78 is 38.9. The fraction of sp³-hybridized carbons (Fsp3) is 0.500. The second kappa shape index (κ2) is 4.52. The van der Waals surface area contributed by atoms with Crippen molar-refractivity contribution in [1.29, 1.82) is 0 Å². The lowest BCUT2D eigenvalue weighted by Gasteiger charge is -2.14. The van der Waals surface area contributed by atoms with E-state index >= 15 is 0 Å². The Morgan fingerprint density at radius 2 is 2.06 bits per heavy atom. The zero-order valence-electron chi connectivity index (χ0n) is 9.31. The number of rotatable bonds is 3. The molecule has 1 aliphatic rings. The van der Waals surface area contributed by atoms with Gasteiger partial charge < -0.3 is 5.32 Å². The van der Waals surface area contributed by atoms with Gasteiger partial charge in [-0.15, -0.1) is 0 Å². The fourth-order valence-corrected chi connectivity index (χ4v) is 2.20. The fourth-order valence-electron chi connectivity index (χ4n) is 1.83. The van der Waals surface area contributed by atoms with Crippen LogP contribution in [0.1, 0.15) is 18.9 Å². The molecule has 0 spiro atoms. The average Bonchev–Trinajstić information content (AvgIpc) is 2.90. The van der Waals surface area contributed by atoms with E-state index in [0.717, 1.165) is 12.5 Å². The Morgan fingerprint density at radius 1 is 1.41 bits per heavy atom. The number of alkyl halides is 3. The van der Waals surface area contributed by atoms with E-state index in [1.165, 1.54) is 12.1 Å². The smallest absolute Gasteiger partial charge is 0.384 e. The molecule has 5 heteroatoms. The minimum absolute atomic E-state index is 0.158. The maximum atomic E-state index is 12.7. The van der Waals surface area contributed by atoms with Gasteiger partial charge >= 0.3 is 6.18 Å². The summed E-state index contributed by atoms with van der Waals surface area (Å²) in [6.07, 6.45) is -3.21. The number of benzene rings is 1. The Labute approximate surface area is 107 Å². The molecule has 0 heterocycles. The van der Waals surface area contributed by atoms with Crippen molar-refractivity contribution in [2.45, 2.75) is 19.5 Å². The van der Waals surface area contributed by atoms with Gasteiger partial charge in [0.05, 0.1) is 5.56 Å². The summed E-state index contributed by atoms with van der Waals surface area (Å²) in [5, 5.41) is 2.90. The number of hydrogen-bond donors (Lipinski definition) is 1. The van der Waals surface area contributed by atoms with Crippen LogP contribution >= 0.6 is 15.9 Å². The molecule has 1 aromatic rings. The van der Waals surface area contributed by atoms with Gasteiger partial charge in [0.1, 0.15) is 0 Å². The molecule has 1 aromatic carbocycles. The molecular formula is C12H13BrF3N. The monoisotopic (exact) mass is 307 g/mol. The first-order valence-corrected chi connectivity index (χ1v) is 6.28. The molecule has 1 aliphatic carbocycles. The Morgan fingerprint density at radius 3 is 2.59 bits per heavy atom. The van der Waals surface area contributed by atoms with E-state index in [0.29, 0.717) is 22.9 Å². The van der Waals surface area contributed by atoms with Crippen LogP contribution in [0.3, 0.4) is 0 Å². The summed E-state index contributed by atoms with van der Waals surface area (Å²) in [7, 11) is 0. The van der Waals surface area contributed by atoms with Gasteiger partial charge in [0.25, 0.3) is 0 Å². The molecular weight excluding hydrogens is 295 g/mol. The molecule has 0 aromatic heterocycles. The van der Waals surface area contributed by atoms with Crippen molar-refractivity contribution < 1.29 is 13.2 Å². The number of hydrogen-bond acceptors (Lipinski definition) is 1. The van der Waals surface area contributed by atoms with Gasteiger partial charge in [0.2, 0.25) is 0 Å². The zero-order valence-corrected chi connectivity index (χ0v) is 10.9. The van der Waals surface area contributed by atoms with Crippen LogP contribution in [0.5, 0.6) is 0 Å². The van der Waals surface area contributed by atoms with Gasteiger partial charge in [-0.3, -0.25) is 0 Å². The third-order valence-corrected chi connectivity index (χ3v) is 3.61. The summed E-state index contributed by atoms with van der Waals surface area (Å²) >= 11 is 3.19. The highest BCUT2D eigenvalue weighted by molar-refractivity contribution is 9.10. The molecule has 1 saturated carbocycles. The SMILES string of the molecule is CC1CC1CNc1cc(Br)ccc1C(F)(F)F.